The van der Waals surface area contributed by atoms with E-state index in [2.05, 4.69) is 40.3 Å². The normalized spacial score (nSPS) is 14.2. The number of aromatic nitrogens is 4. The van der Waals surface area contributed by atoms with Crippen molar-refractivity contribution in [3.8, 4) is 16.9 Å². The molecule has 0 saturated carbocycles. The number of pyridine rings is 2. The Balaban J connectivity index is 0.000000317. The Morgan fingerprint density at radius 2 is 1.55 bits per heavy atom. The van der Waals surface area contributed by atoms with Gasteiger partial charge in [0.25, 0.3) is 0 Å². The zero-order valence-electron chi connectivity index (χ0n) is 23.1. The molecule has 44 heavy (non-hydrogen) atoms. The summed E-state index contributed by atoms with van der Waals surface area (Å²) in [7, 11) is 1.69. The van der Waals surface area contributed by atoms with Gasteiger partial charge in [0.1, 0.15) is 5.75 Å². The first-order chi connectivity index (χ1) is 20.7. The fourth-order valence-corrected chi connectivity index (χ4v) is 4.12. The van der Waals surface area contributed by atoms with Gasteiger partial charge in [-0.3, -0.25) is 9.88 Å². The maximum Gasteiger partial charge on any atom is 0.490 e. The first kappa shape index (κ1) is 33.8. The van der Waals surface area contributed by atoms with E-state index in [-0.39, 0.29) is 0 Å². The van der Waals surface area contributed by atoms with Gasteiger partial charge < -0.3 is 14.9 Å². The summed E-state index contributed by atoms with van der Waals surface area (Å²) < 4.78 is 70.7. The SMILES string of the molecule is COc1cccc(-c2ccc3nc(C4CCN(Cc5ccccn5)CC4)nn3c2)c1.O=C(O)C(F)(F)F.O=C(O)C(F)(F)F. The average molecular weight is 628 g/mol. The summed E-state index contributed by atoms with van der Waals surface area (Å²) in [5.41, 5.74) is 4.23. The average Bonchev–Trinajstić information content (AvgIpc) is 3.41. The van der Waals surface area contributed by atoms with Gasteiger partial charge in [-0.1, -0.05) is 18.2 Å². The van der Waals surface area contributed by atoms with E-state index in [1.54, 1.807) is 7.11 Å². The molecule has 0 unspecified atom stereocenters. The van der Waals surface area contributed by atoms with Crippen LogP contribution in [0.2, 0.25) is 0 Å². The third kappa shape index (κ3) is 9.93. The topological polar surface area (TPSA) is 130 Å². The van der Waals surface area contributed by atoms with E-state index in [9.17, 15) is 26.3 Å². The van der Waals surface area contributed by atoms with Crippen molar-refractivity contribution >= 4 is 17.6 Å². The molecular weight excluding hydrogens is 600 g/mol. The molecule has 4 heterocycles. The van der Waals surface area contributed by atoms with Crippen LogP contribution in [0.15, 0.2) is 67.0 Å². The monoisotopic (exact) mass is 627 g/mol. The van der Waals surface area contributed by atoms with Crippen LogP contribution in [0.5, 0.6) is 5.75 Å². The molecule has 0 amide bonds. The van der Waals surface area contributed by atoms with Crippen LogP contribution in [0.25, 0.3) is 16.8 Å². The summed E-state index contributed by atoms with van der Waals surface area (Å²) in [6.07, 6.45) is -4.10. The van der Waals surface area contributed by atoms with Crippen molar-refractivity contribution < 1.29 is 50.9 Å². The Morgan fingerprint density at radius 1 is 0.909 bits per heavy atom. The van der Waals surface area contributed by atoms with Crippen molar-refractivity contribution in [3.63, 3.8) is 0 Å². The number of likely N-dealkylation sites (tertiary alicyclic amines) is 1. The molecule has 0 radical (unpaired) electrons. The number of nitrogens with zero attached hydrogens (tertiary/aromatic N) is 5. The van der Waals surface area contributed by atoms with Crippen molar-refractivity contribution in [2.75, 3.05) is 20.2 Å². The number of carboxylic acids is 2. The first-order valence-corrected chi connectivity index (χ1v) is 12.9. The van der Waals surface area contributed by atoms with E-state index >= 15 is 0 Å². The number of carbonyl (C=O) groups is 2. The van der Waals surface area contributed by atoms with Crippen LogP contribution in [-0.2, 0) is 16.1 Å². The van der Waals surface area contributed by atoms with Crippen molar-refractivity contribution in [1.82, 2.24) is 24.5 Å². The molecule has 1 saturated heterocycles. The Labute approximate surface area is 246 Å². The second kappa shape index (κ2) is 14.6. The number of methoxy groups -OCH3 is 1. The molecule has 2 N–H and O–H groups in total. The highest BCUT2D eigenvalue weighted by atomic mass is 19.4. The fourth-order valence-electron chi connectivity index (χ4n) is 4.12. The van der Waals surface area contributed by atoms with Crippen LogP contribution in [0.1, 0.15) is 30.3 Å². The number of hydrogen-bond donors (Lipinski definition) is 2. The molecule has 4 aromatic rings. The molecular formula is C28H27F6N5O5. The summed E-state index contributed by atoms with van der Waals surface area (Å²) in [5, 5.41) is 19.1. The van der Waals surface area contributed by atoms with Crippen LogP contribution >= 0.6 is 0 Å². The number of halogens is 6. The van der Waals surface area contributed by atoms with E-state index in [0.29, 0.717) is 5.92 Å². The highest BCUT2D eigenvalue weighted by Gasteiger charge is 2.38. The molecule has 3 aromatic heterocycles. The number of rotatable bonds is 5. The van der Waals surface area contributed by atoms with E-state index < -0.39 is 24.3 Å². The van der Waals surface area contributed by atoms with Gasteiger partial charge in [-0.15, -0.1) is 0 Å². The van der Waals surface area contributed by atoms with E-state index in [0.717, 1.165) is 66.5 Å². The summed E-state index contributed by atoms with van der Waals surface area (Å²) in [6.45, 7) is 3.01. The van der Waals surface area contributed by atoms with E-state index in [1.807, 2.05) is 41.0 Å². The maximum atomic E-state index is 10.6. The highest BCUT2D eigenvalue weighted by molar-refractivity contribution is 5.73. The molecule has 10 nitrogen and oxygen atoms in total. The number of alkyl halides is 6. The predicted molar refractivity (Wildman–Crippen MR) is 144 cm³/mol. The molecule has 16 heteroatoms. The molecule has 1 aliphatic heterocycles. The van der Waals surface area contributed by atoms with Crippen LogP contribution in [0.4, 0.5) is 26.3 Å². The quantitative estimate of drug-likeness (QED) is 0.278. The third-order valence-electron chi connectivity index (χ3n) is 6.30. The molecule has 1 fully saturated rings. The fraction of sp³-hybridized carbons (Fsp3) is 0.321. The summed E-state index contributed by atoms with van der Waals surface area (Å²) in [4.78, 5) is 29.5. The highest BCUT2D eigenvalue weighted by Crippen LogP contribution is 2.28. The van der Waals surface area contributed by atoms with Gasteiger partial charge in [0.15, 0.2) is 11.5 Å². The minimum absolute atomic E-state index is 0.408. The lowest BCUT2D eigenvalue weighted by Gasteiger charge is -2.30. The van der Waals surface area contributed by atoms with Gasteiger partial charge in [-0.25, -0.2) is 19.1 Å². The Kier molecular flexibility index (Phi) is 11.2. The van der Waals surface area contributed by atoms with Crippen molar-refractivity contribution in [1.29, 1.82) is 0 Å². The van der Waals surface area contributed by atoms with Gasteiger partial charge in [0, 0.05) is 30.4 Å². The van der Waals surface area contributed by atoms with Crippen molar-refractivity contribution in [2.45, 2.75) is 37.7 Å². The number of piperidine rings is 1. The number of fused-ring (bicyclic) bond motifs is 1. The standard InChI is InChI=1S/C24H25N5O.2C2HF3O2/c1-30-22-7-4-5-19(15-22)20-8-9-23-26-24(27-29(23)16-20)18-10-13-28(14-11-18)17-21-6-2-3-12-25-21;2*3-2(4,5)1(6)7/h2-9,12,15-16,18H,10-11,13-14,17H2,1H3;2*(H,6,7). The molecule has 0 bridgehead atoms. The molecule has 1 aromatic carbocycles. The van der Waals surface area contributed by atoms with Crippen LogP contribution in [0.3, 0.4) is 0 Å². The van der Waals surface area contributed by atoms with Crippen molar-refractivity contribution in [2.24, 2.45) is 0 Å². The summed E-state index contributed by atoms with van der Waals surface area (Å²) in [6, 6.07) is 18.3. The smallest absolute Gasteiger partial charge is 0.490 e. The lowest BCUT2D eigenvalue weighted by molar-refractivity contribution is -0.193. The maximum absolute atomic E-state index is 10.6. The Morgan fingerprint density at radius 3 is 2.09 bits per heavy atom. The number of benzene rings is 1. The molecule has 236 valence electrons. The molecule has 0 aliphatic carbocycles. The Hall–Kier alpha value is -4.73. The van der Waals surface area contributed by atoms with Gasteiger partial charge in [0.2, 0.25) is 0 Å². The Bertz CT molecular complexity index is 1510. The second-order valence-electron chi connectivity index (χ2n) is 9.40. The van der Waals surface area contributed by atoms with E-state index in [4.69, 9.17) is 34.6 Å². The minimum Gasteiger partial charge on any atom is -0.497 e. The number of hydrogen-bond acceptors (Lipinski definition) is 7. The lowest BCUT2D eigenvalue weighted by Crippen LogP contribution is -2.33. The van der Waals surface area contributed by atoms with E-state index in [1.165, 1.54) is 0 Å². The largest absolute Gasteiger partial charge is 0.497 e. The number of aliphatic carboxylic acids is 2. The molecule has 0 spiro atoms. The van der Waals surface area contributed by atoms with Gasteiger partial charge >= 0.3 is 24.3 Å². The number of carboxylic acid groups (broad SMARTS) is 2. The molecule has 1 aliphatic rings. The lowest BCUT2D eigenvalue weighted by atomic mass is 9.96. The predicted octanol–water partition coefficient (Wildman–Crippen LogP) is 5.45. The number of ether oxygens (including phenoxy) is 1. The first-order valence-electron chi connectivity index (χ1n) is 12.9. The van der Waals surface area contributed by atoms with Gasteiger partial charge in [-0.05, 0) is 67.9 Å². The summed E-state index contributed by atoms with van der Waals surface area (Å²) in [5.74, 6) is -3.30. The van der Waals surface area contributed by atoms with Crippen LogP contribution in [-0.4, -0.2) is 79.2 Å². The molecule has 0 atom stereocenters. The minimum atomic E-state index is -5.08. The third-order valence-corrected chi connectivity index (χ3v) is 6.30. The van der Waals surface area contributed by atoms with Crippen molar-refractivity contribution in [3.05, 3.63) is 78.5 Å². The molecule has 5 rings (SSSR count). The zero-order chi connectivity index (χ0) is 32.5. The summed E-state index contributed by atoms with van der Waals surface area (Å²) >= 11 is 0. The van der Waals surface area contributed by atoms with Gasteiger partial charge in [0.05, 0.1) is 12.8 Å². The zero-order valence-corrected chi connectivity index (χ0v) is 23.1. The van der Waals surface area contributed by atoms with Crippen LogP contribution in [0, 0.1) is 0 Å². The van der Waals surface area contributed by atoms with Gasteiger partial charge in [-0.2, -0.15) is 31.4 Å². The second-order valence-corrected chi connectivity index (χ2v) is 9.40. The van der Waals surface area contributed by atoms with Crippen LogP contribution < -0.4 is 4.74 Å².